The predicted octanol–water partition coefficient (Wildman–Crippen LogP) is 2.75. The van der Waals surface area contributed by atoms with Crippen molar-refractivity contribution in [2.75, 3.05) is 11.4 Å². The van der Waals surface area contributed by atoms with Gasteiger partial charge in [0.1, 0.15) is 0 Å². The maximum absolute atomic E-state index is 12.1. The fourth-order valence-corrected chi connectivity index (χ4v) is 2.56. The van der Waals surface area contributed by atoms with Crippen LogP contribution >= 0.6 is 11.6 Å². The van der Waals surface area contributed by atoms with E-state index in [1.165, 1.54) is 0 Å². The number of benzene rings is 1. The van der Waals surface area contributed by atoms with E-state index < -0.39 is 0 Å². The van der Waals surface area contributed by atoms with Gasteiger partial charge in [0.25, 0.3) is 0 Å². The van der Waals surface area contributed by atoms with Gasteiger partial charge in [-0.1, -0.05) is 31.5 Å². The van der Waals surface area contributed by atoms with E-state index >= 15 is 0 Å². The Kier molecular flexibility index (Phi) is 3.93. The molecule has 4 heteroatoms. The van der Waals surface area contributed by atoms with E-state index in [0.717, 1.165) is 17.8 Å². The summed E-state index contributed by atoms with van der Waals surface area (Å²) in [6.45, 7) is 6.91. The Morgan fingerprint density at radius 2 is 2.17 bits per heavy atom. The van der Waals surface area contributed by atoms with Crippen molar-refractivity contribution in [2.24, 2.45) is 0 Å². The molecular weight excluding hydrogens is 248 g/mol. The first kappa shape index (κ1) is 13.4. The molecule has 0 aliphatic carbocycles. The molecule has 1 heterocycles. The maximum Gasteiger partial charge on any atom is 0.228 e. The summed E-state index contributed by atoms with van der Waals surface area (Å²) >= 11 is 6.01. The lowest BCUT2D eigenvalue weighted by molar-refractivity contribution is -0.117. The molecule has 1 aliphatic heterocycles. The third-order valence-electron chi connectivity index (χ3n) is 3.16. The zero-order valence-electron chi connectivity index (χ0n) is 11.0. The Morgan fingerprint density at radius 3 is 2.83 bits per heavy atom. The van der Waals surface area contributed by atoms with Crippen molar-refractivity contribution in [1.82, 2.24) is 5.32 Å². The first-order valence-corrected chi connectivity index (χ1v) is 6.67. The van der Waals surface area contributed by atoms with Crippen molar-refractivity contribution in [1.29, 1.82) is 0 Å². The second-order valence-electron chi connectivity index (χ2n) is 5.16. The summed E-state index contributed by atoms with van der Waals surface area (Å²) in [6.07, 6.45) is 0.560. The molecule has 0 radical (unpaired) electrons. The van der Waals surface area contributed by atoms with Crippen molar-refractivity contribution in [2.45, 2.75) is 39.3 Å². The topological polar surface area (TPSA) is 32.3 Å². The summed E-state index contributed by atoms with van der Waals surface area (Å²) in [5.74, 6) is 0.165. The van der Waals surface area contributed by atoms with Gasteiger partial charge in [0.05, 0.1) is 0 Å². The van der Waals surface area contributed by atoms with Crippen LogP contribution in [0.25, 0.3) is 0 Å². The molecule has 1 atom stereocenters. The Labute approximate surface area is 113 Å². The summed E-state index contributed by atoms with van der Waals surface area (Å²) in [5, 5.41) is 4.08. The van der Waals surface area contributed by atoms with Gasteiger partial charge in [-0.15, -0.1) is 0 Å². The Balaban J connectivity index is 2.19. The number of rotatable bonds is 3. The molecule has 1 aromatic rings. The average molecular weight is 267 g/mol. The largest absolute Gasteiger partial charge is 0.310 e. The summed E-state index contributed by atoms with van der Waals surface area (Å²) in [5.41, 5.74) is 2.01. The molecule has 1 aromatic carbocycles. The number of hydrogen-bond acceptors (Lipinski definition) is 2. The number of aryl methyl sites for hydroxylation is 1. The van der Waals surface area contributed by atoms with Gasteiger partial charge in [-0.05, 0) is 24.6 Å². The molecule has 2 rings (SSSR count). The molecule has 3 nitrogen and oxygen atoms in total. The average Bonchev–Trinajstić information content (AvgIpc) is 2.62. The molecule has 0 saturated carbocycles. The number of nitrogens with one attached hydrogen (secondary N) is 1. The quantitative estimate of drug-likeness (QED) is 0.912. The van der Waals surface area contributed by atoms with Crippen molar-refractivity contribution in [3.8, 4) is 0 Å². The van der Waals surface area contributed by atoms with Crippen LogP contribution in [0.1, 0.15) is 25.8 Å². The fourth-order valence-electron chi connectivity index (χ4n) is 2.40. The molecule has 1 amide bonds. The first-order valence-electron chi connectivity index (χ1n) is 6.30. The van der Waals surface area contributed by atoms with E-state index in [1.807, 2.05) is 30.0 Å². The second kappa shape index (κ2) is 5.29. The Morgan fingerprint density at radius 1 is 1.44 bits per heavy atom. The third kappa shape index (κ3) is 2.85. The molecule has 18 heavy (non-hydrogen) atoms. The molecule has 0 aromatic heterocycles. The van der Waals surface area contributed by atoms with E-state index in [4.69, 9.17) is 11.6 Å². The standard InChI is InChI=1S/C14H19ClN2O/c1-9(2)16-12-7-14(18)17(8-12)13-6-11(15)5-4-10(13)3/h4-6,9,12,16H,7-8H2,1-3H3. The minimum absolute atomic E-state index is 0.165. The number of carbonyl (C=O) groups excluding carboxylic acids is 1. The smallest absolute Gasteiger partial charge is 0.228 e. The van der Waals surface area contributed by atoms with Crippen LogP contribution in [-0.4, -0.2) is 24.5 Å². The van der Waals surface area contributed by atoms with Gasteiger partial charge in [-0.25, -0.2) is 0 Å². The van der Waals surface area contributed by atoms with Gasteiger partial charge in [0, 0.05) is 35.8 Å². The van der Waals surface area contributed by atoms with E-state index in [9.17, 15) is 4.79 Å². The number of amides is 1. The lowest BCUT2D eigenvalue weighted by Gasteiger charge is -2.20. The van der Waals surface area contributed by atoms with Gasteiger partial charge < -0.3 is 10.2 Å². The molecule has 1 N–H and O–H groups in total. The number of halogens is 1. The minimum atomic E-state index is 0.165. The third-order valence-corrected chi connectivity index (χ3v) is 3.39. The van der Waals surface area contributed by atoms with Crippen LogP contribution in [0.3, 0.4) is 0 Å². The van der Waals surface area contributed by atoms with Gasteiger partial charge in [-0.2, -0.15) is 0 Å². The van der Waals surface area contributed by atoms with Crippen LogP contribution in [0, 0.1) is 6.92 Å². The molecule has 0 spiro atoms. The highest BCUT2D eigenvalue weighted by Crippen LogP contribution is 2.28. The number of hydrogen-bond donors (Lipinski definition) is 1. The predicted molar refractivity (Wildman–Crippen MR) is 75.2 cm³/mol. The zero-order valence-corrected chi connectivity index (χ0v) is 11.8. The van der Waals surface area contributed by atoms with E-state index in [1.54, 1.807) is 0 Å². The molecule has 98 valence electrons. The van der Waals surface area contributed by atoms with Crippen LogP contribution in [0.5, 0.6) is 0 Å². The second-order valence-corrected chi connectivity index (χ2v) is 5.59. The van der Waals surface area contributed by atoms with Crippen molar-refractivity contribution in [3.05, 3.63) is 28.8 Å². The van der Waals surface area contributed by atoms with Crippen LogP contribution in [-0.2, 0) is 4.79 Å². The molecule has 1 fully saturated rings. The molecule has 1 unspecified atom stereocenters. The van der Waals surface area contributed by atoms with Crippen LogP contribution < -0.4 is 10.2 Å². The van der Waals surface area contributed by atoms with E-state index in [2.05, 4.69) is 19.2 Å². The Hall–Kier alpha value is -1.06. The summed E-state index contributed by atoms with van der Waals surface area (Å²) in [4.78, 5) is 13.9. The van der Waals surface area contributed by atoms with E-state index in [0.29, 0.717) is 17.5 Å². The summed E-state index contributed by atoms with van der Waals surface area (Å²) in [7, 11) is 0. The highest BCUT2D eigenvalue weighted by Gasteiger charge is 2.31. The highest BCUT2D eigenvalue weighted by molar-refractivity contribution is 6.31. The monoisotopic (exact) mass is 266 g/mol. The Bertz CT molecular complexity index is 459. The van der Waals surface area contributed by atoms with Gasteiger partial charge in [-0.3, -0.25) is 4.79 Å². The van der Waals surface area contributed by atoms with Gasteiger partial charge in [0.15, 0.2) is 0 Å². The minimum Gasteiger partial charge on any atom is -0.310 e. The number of nitrogens with zero attached hydrogens (tertiary/aromatic N) is 1. The summed E-state index contributed by atoms with van der Waals surface area (Å²) < 4.78 is 0. The summed E-state index contributed by atoms with van der Waals surface area (Å²) in [6, 6.07) is 6.30. The van der Waals surface area contributed by atoms with E-state index in [-0.39, 0.29) is 11.9 Å². The van der Waals surface area contributed by atoms with Gasteiger partial charge in [0.2, 0.25) is 5.91 Å². The fraction of sp³-hybridized carbons (Fsp3) is 0.500. The molecule has 0 bridgehead atoms. The number of anilines is 1. The van der Waals surface area contributed by atoms with Gasteiger partial charge >= 0.3 is 0 Å². The van der Waals surface area contributed by atoms with Crippen molar-refractivity contribution in [3.63, 3.8) is 0 Å². The molecular formula is C14H19ClN2O. The number of carbonyl (C=O) groups is 1. The first-order chi connectivity index (χ1) is 8.47. The van der Waals surface area contributed by atoms with Crippen LogP contribution in [0.2, 0.25) is 5.02 Å². The highest BCUT2D eigenvalue weighted by atomic mass is 35.5. The maximum atomic E-state index is 12.1. The van der Waals surface area contributed by atoms with Crippen LogP contribution in [0.4, 0.5) is 5.69 Å². The lowest BCUT2D eigenvalue weighted by atomic mass is 10.2. The lowest BCUT2D eigenvalue weighted by Crippen LogP contribution is -2.37. The van der Waals surface area contributed by atoms with Crippen LogP contribution in [0.15, 0.2) is 18.2 Å². The zero-order chi connectivity index (χ0) is 13.3. The normalized spacial score (nSPS) is 19.9. The molecule has 1 aliphatic rings. The molecule has 1 saturated heterocycles. The van der Waals surface area contributed by atoms with Crippen molar-refractivity contribution >= 4 is 23.2 Å². The SMILES string of the molecule is Cc1ccc(Cl)cc1N1CC(NC(C)C)CC1=O. The van der Waals surface area contributed by atoms with Crippen molar-refractivity contribution < 1.29 is 4.79 Å².